The van der Waals surface area contributed by atoms with Crippen LogP contribution in [0.5, 0.6) is 0 Å². The van der Waals surface area contributed by atoms with Gasteiger partial charge in [0.2, 0.25) is 5.91 Å². The van der Waals surface area contributed by atoms with Gasteiger partial charge in [-0.1, -0.05) is 12.1 Å². The number of aromatic nitrogens is 3. The average Bonchev–Trinajstić information content (AvgIpc) is 3.39. The number of H-pyrrole nitrogens is 1. The molecule has 2 atom stereocenters. The molecule has 2 fully saturated rings. The summed E-state index contributed by atoms with van der Waals surface area (Å²) in [5, 5.41) is 11.8. The van der Waals surface area contributed by atoms with E-state index < -0.39 is 0 Å². The van der Waals surface area contributed by atoms with Crippen molar-refractivity contribution in [3.8, 4) is 11.1 Å². The van der Waals surface area contributed by atoms with Crippen LogP contribution < -0.4 is 5.32 Å². The molecule has 1 aromatic carbocycles. The molecule has 2 aromatic heterocycles. The summed E-state index contributed by atoms with van der Waals surface area (Å²) in [4.78, 5) is 19.0. The highest BCUT2D eigenvalue weighted by molar-refractivity contribution is 5.94. The van der Waals surface area contributed by atoms with Crippen molar-refractivity contribution < 1.29 is 9.53 Å². The molecule has 7 heteroatoms. The summed E-state index contributed by atoms with van der Waals surface area (Å²) in [5.74, 6) is 0.544. The minimum absolute atomic E-state index is 0.0320. The zero-order valence-corrected chi connectivity index (χ0v) is 14.2. The number of anilines is 1. The highest BCUT2D eigenvalue weighted by Gasteiger charge is 2.39. The quantitative estimate of drug-likeness (QED) is 0.753. The Labute approximate surface area is 150 Å². The van der Waals surface area contributed by atoms with Gasteiger partial charge in [0.1, 0.15) is 5.82 Å². The Kier molecular flexibility index (Phi) is 3.69. The van der Waals surface area contributed by atoms with Crippen molar-refractivity contribution in [2.24, 2.45) is 0 Å². The molecule has 5 rings (SSSR count). The lowest BCUT2D eigenvalue weighted by atomic mass is 10.1. The Morgan fingerprint density at radius 1 is 1.27 bits per heavy atom. The number of hydrogen-bond donors (Lipinski definition) is 2. The Balaban J connectivity index is 1.33. The third kappa shape index (κ3) is 2.85. The Morgan fingerprint density at radius 2 is 2.23 bits per heavy atom. The number of amides is 1. The fraction of sp³-hybridized carbons (Fsp3) is 0.316. The summed E-state index contributed by atoms with van der Waals surface area (Å²) in [6.07, 6.45) is 6.78. The number of nitrogens with zero attached hydrogens (tertiary/aromatic N) is 3. The van der Waals surface area contributed by atoms with E-state index >= 15 is 0 Å². The predicted molar refractivity (Wildman–Crippen MR) is 97.7 cm³/mol. The number of pyridine rings is 1. The van der Waals surface area contributed by atoms with Crippen molar-refractivity contribution >= 4 is 22.5 Å². The van der Waals surface area contributed by atoms with Crippen LogP contribution in [0.1, 0.15) is 6.42 Å². The molecule has 2 aliphatic rings. The van der Waals surface area contributed by atoms with Crippen LogP contribution in [0.2, 0.25) is 0 Å². The van der Waals surface area contributed by atoms with Crippen LogP contribution in [-0.2, 0) is 9.53 Å². The van der Waals surface area contributed by atoms with Crippen molar-refractivity contribution in [1.82, 2.24) is 20.1 Å². The van der Waals surface area contributed by atoms with E-state index in [0.717, 1.165) is 41.5 Å². The monoisotopic (exact) mass is 349 g/mol. The van der Waals surface area contributed by atoms with E-state index in [1.807, 2.05) is 24.4 Å². The maximum atomic E-state index is 12.4. The van der Waals surface area contributed by atoms with Gasteiger partial charge in [-0.2, -0.15) is 5.10 Å². The van der Waals surface area contributed by atoms with Crippen molar-refractivity contribution in [3.63, 3.8) is 0 Å². The van der Waals surface area contributed by atoms with Crippen LogP contribution in [0.25, 0.3) is 21.9 Å². The Morgan fingerprint density at radius 3 is 3.00 bits per heavy atom. The molecule has 3 aromatic rings. The minimum Gasteiger partial charge on any atom is -0.375 e. The first kappa shape index (κ1) is 15.5. The number of benzene rings is 1. The number of likely N-dealkylation sites (tertiary alicyclic amines) is 1. The molecule has 4 heterocycles. The number of rotatable bonds is 4. The van der Waals surface area contributed by atoms with Crippen LogP contribution in [-0.4, -0.2) is 57.8 Å². The largest absolute Gasteiger partial charge is 0.375 e. The van der Waals surface area contributed by atoms with Gasteiger partial charge in [0.05, 0.1) is 25.5 Å². The lowest BCUT2D eigenvalue weighted by Gasteiger charge is -2.25. The highest BCUT2D eigenvalue weighted by atomic mass is 16.5. The van der Waals surface area contributed by atoms with Crippen molar-refractivity contribution in [3.05, 3.63) is 42.9 Å². The topological polar surface area (TPSA) is 83.1 Å². The standard InChI is InChI=1S/C19H19N5O2/c25-19(10-24-9-17-5-16(24)11-26-17)23-18-4-14-3-12(15-7-21-22-8-15)1-2-13(14)6-20-18/h1-4,6-8,16-17H,5,9-11H2,(H,21,22)(H,20,23,25). The summed E-state index contributed by atoms with van der Waals surface area (Å²) < 4.78 is 5.58. The molecule has 132 valence electrons. The maximum absolute atomic E-state index is 12.4. The Bertz CT molecular complexity index is 956. The fourth-order valence-electron chi connectivity index (χ4n) is 3.84. The number of aromatic amines is 1. The van der Waals surface area contributed by atoms with Gasteiger partial charge in [0.15, 0.2) is 0 Å². The zero-order valence-electron chi connectivity index (χ0n) is 14.2. The van der Waals surface area contributed by atoms with E-state index in [9.17, 15) is 4.79 Å². The van der Waals surface area contributed by atoms with E-state index in [1.165, 1.54) is 0 Å². The van der Waals surface area contributed by atoms with Gasteiger partial charge < -0.3 is 10.1 Å². The van der Waals surface area contributed by atoms with Gasteiger partial charge in [0, 0.05) is 35.9 Å². The molecule has 2 aliphatic heterocycles. The lowest BCUT2D eigenvalue weighted by molar-refractivity contribution is -0.118. The molecule has 26 heavy (non-hydrogen) atoms. The molecular formula is C19H19N5O2. The second-order valence-electron chi connectivity index (χ2n) is 6.94. The zero-order chi connectivity index (χ0) is 17.5. The number of hydrogen-bond acceptors (Lipinski definition) is 5. The van der Waals surface area contributed by atoms with Crippen LogP contribution in [0.15, 0.2) is 42.9 Å². The molecule has 2 unspecified atom stereocenters. The van der Waals surface area contributed by atoms with E-state index in [-0.39, 0.29) is 5.91 Å². The van der Waals surface area contributed by atoms with E-state index in [2.05, 4.69) is 31.5 Å². The molecule has 0 aliphatic carbocycles. The fourth-order valence-corrected chi connectivity index (χ4v) is 3.84. The third-order valence-corrected chi connectivity index (χ3v) is 5.18. The normalized spacial score (nSPS) is 22.2. The van der Waals surface area contributed by atoms with Gasteiger partial charge in [-0.25, -0.2) is 4.98 Å². The highest BCUT2D eigenvalue weighted by Crippen LogP contribution is 2.28. The van der Waals surface area contributed by atoms with E-state index in [1.54, 1.807) is 12.4 Å². The smallest absolute Gasteiger partial charge is 0.239 e. The van der Waals surface area contributed by atoms with Crippen LogP contribution in [0, 0.1) is 0 Å². The number of nitrogens with one attached hydrogen (secondary N) is 2. The van der Waals surface area contributed by atoms with E-state index in [0.29, 0.717) is 24.5 Å². The second-order valence-corrected chi connectivity index (χ2v) is 6.94. The van der Waals surface area contributed by atoms with E-state index in [4.69, 9.17) is 4.74 Å². The van der Waals surface area contributed by atoms with Crippen LogP contribution in [0.4, 0.5) is 5.82 Å². The molecular weight excluding hydrogens is 330 g/mol. The number of fused-ring (bicyclic) bond motifs is 3. The molecule has 7 nitrogen and oxygen atoms in total. The first-order valence-corrected chi connectivity index (χ1v) is 8.79. The van der Waals surface area contributed by atoms with Gasteiger partial charge >= 0.3 is 0 Å². The average molecular weight is 349 g/mol. The van der Waals surface area contributed by atoms with Gasteiger partial charge in [0.25, 0.3) is 0 Å². The SMILES string of the molecule is O=C(CN1CC2CC1CO2)Nc1cc2cc(-c3cn[nH]c3)ccc2cn1. The molecule has 2 N–H and O–H groups in total. The summed E-state index contributed by atoms with van der Waals surface area (Å²) in [6, 6.07) is 8.44. The third-order valence-electron chi connectivity index (χ3n) is 5.18. The first-order valence-electron chi connectivity index (χ1n) is 8.79. The second kappa shape index (κ2) is 6.19. The summed E-state index contributed by atoms with van der Waals surface area (Å²) in [5.41, 5.74) is 2.10. The lowest BCUT2D eigenvalue weighted by Crippen LogP contribution is -2.41. The summed E-state index contributed by atoms with van der Waals surface area (Å²) >= 11 is 0. The molecule has 0 saturated carbocycles. The molecule has 0 radical (unpaired) electrons. The van der Waals surface area contributed by atoms with Crippen LogP contribution >= 0.6 is 0 Å². The molecule has 2 bridgehead atoms. The van der Waals surface area contributed by atoms with Crippen molar-refractivity contribution in [1.29, 1.82) is 0 Å². The van der Waals surface area contributed by atoms with Gasteiger partial charge in [-0.3, -0.25) is 14.8 Å². The molecule has 0 spiro atoms. The van der Waals surface area contributed by atoms with Crippen LogP contribution in [0.3, 0.4) is 0 Å². The number of ether oxygens (including phenoxy) is 1. The molecule has 1 amide bonds. The summed E-state index contributed by atoms with van der Waals surface area (Å²) in [7, 11) is 0. The summed E-state index contributed by atoms with van der Waals surface area (Å²) in [6.45, 7) is 1.97. The van der Waals surface area contributed by atoms with Crippen molar-refractivity contribution in [2.45, 2.75) is 18.6 Å². The predicted octanol–water partition coefficient (Wildman–Crippen LogP) is 2.04. The number of morpholine rings is 1. The number of carbonyl (C=O) groups excluding carboxylic acids is 1. The maximum Gasteiger partial charge on any atom is 0.239 e. The number of carbonyl (C=O) groups is 1. The minimum atomic E-state index is -0.0320. The first-order chi connectivity index (χ1) is 12.7. The Hall–Kier alpha value is -2.77. The van der Waals surface area contributed by atoms with Gasteiger partial charge in [-0.15, -0.1) is 0 Å². The molecule has 2 saturated heterocycles. The van der Waals surface area contributed by atoms with Crippen molar-refractivity contribution in [2.75, 3.05) is 25.0 Å². The van der Waals surface area contributed by atoms with Gasteiger partial charge in [-0.05, 0) is 29.5 Å².